The van der Waals surface area contributed by atoms with Gasteiger partial charge in [0.05, 0.1) is 32.3 Å². The Kier molecular flexibility index (Phi) is 8.18. The van der Waals surface area contributed by atoms with E-state index in [2.05, 4.69) is 0 Å². The zero-order chi connectivity index (χ0) is 28.3. The van der Waals surface area contributed by atoms with E-state index in [0.717, 1.165) is 29.7 Å². The highest BCUT2D eigenvalue weighted by atomic mass is 32.2. The van der Waals surface area contributed by atoms with Gasteiger partial charge >= 0.3 is 0 Å². The maximum atomic E-state index is 13.8. The van der Waals surface area contributed by atoms with E-state index < -0.39 is 16.1 Å². The molecule has 0 radical (unpaired) electrons. The first-order chi connectivity index (χ1) is 19.3. The van der Waals surface area contributed by atoms with Gasteiger partial charge in [0.15, 0.2) is 11.5 Å². The summed E-state index contributed by atoms with van der Waals surface area (Å²) in [6.07, 6.45) is 2.35. The summed E-state index contributed by atoms with van der Waals surface area (Å²) in [5, 5.41) is 0. The molecule has 9 nitrogen and oxygen atoms in total. The Morgan fingerprint density at radius 1 is 0.825 bits per heavy atom. The number of carbonyl (C=O) groups is 1. The van der Waals surface area contributed by atoms with Crippen LogP contribution in [0.3, 0.4) is 0 Å². The van der Waals surface area contributed by atoms with Crippen molar-refractivity contribution in [3.63, 3.8) is 0 Å². The molecule has 0 bridgehead atoms. The molecule has 0 N–H and O–H groups in total. The van der Waals surface area contributed by atoms with Crippen molar-refractivity contribution in [1.82, 2.24) is 9.21 Å². The highest BCUT2D eigenvalue weighted by Crippen LogP contribution is 2.39. The molecular weight excluding hydrogens is 532 g/mol. The molecule has 212 valence electrons. The van der Waals surface area contributed by atoms with Crippen LogP contribution in [0.15, 0.2) is 65.6 Å². The number of methoxy groups -OCH3 is 3. The quantitative estimate of drug-likeness (QED) is 0.381. The van der Waals surface area contributed by atoms with Crippen LogP contribution in [0.25, 0.3) is 0 Å². The van der Waals surface area contributed by atoms with Gasteiger partial charge in [-0.1, -0.05) is 0 Å². The third kappa shape index (κ3) is 5.46. The van der Waals surface area contributed by atoms with E-state index in [-0.39, 0.29) is 17.4 Å². The van der Waals surface area contributed by atoms with Crippen LogP contribution >= 0.6 is 0 Å². The molecule has 0 saturated carbocycles. The molecule has 2 aliphatic rings. The second-order valence-corrected chi connectivity index (χ2v) is 11.7. The molecule has 3 aromatic rings. The molecule has 1 atom stereocenters. The van der Waals surface area contributed by atoms with Gasteiger partial charge in [0.1, 0.15) is 18.1 Å². The van der Waals surface area contributed by atoms with Gasteiger partial charge in [-0.3, -0.25) is 4.79 Å². The van der Waals surface area contributed by atoms with E-state index in [1.54, 1.807) is 38.4 Å². The Bertz CT molecular complexity index is 1450. The molecule has 2 heterocycles. The number of nitrogens with zero attached hydrogens (tertiary/aromatic N) is 2. The minimum Gasteiger partial charge on any atom is -0.497 e. The van der Waals surface area contributed by atoms with Crippen LogP contribution in [0, 0.1) is 0 Å². The maximum Gasteiger partial charge on any atom is 0.254 e. The lowest BCUT2D eigenvalue weighted by Gasteiger charge is -2.37. The highest BCUT2D eigenvalue weighted by molar-refractivity contribution is 7.89. The van der Waals surface area contributed by atoms with E-state index in [0.29, 0.717) is 48.9 Å². The molecule has 0 spiro atoms. The average molecular weight is 567 g/mol. The van der Waals surface area contributed by atoms with Gasteiger partial charge in [0, 0.05) is 25.2 Å². The summed E-state index contributed by atoms with van der Waals surface area (Å²) in [6.45, 7) is 1.73. The first-order valence-electron chi connectivity index (χ1n) is 13.3. The number of rotatable bonds is 9. The van der Waals surface area contributed by atoms with E-state index in [4.69, 9.17) is 18.9 Å². The number of benzene rings is 3. The molecule has 0 unspecified atom stereocenters. The summed E-state index contributed by atoms with van der Waals surface area (Å²) in [5.74, 6) is 2.37. The van der Waals surface area contributed by atoms with Crippen molar-refractivity contribution >= 4 is 15.9 Å². The highest BCUT2D eigenvalue weighted by Gasteiger charge is 2.34. The largest absolute Gasteiger partial charge is 0.497 e. The van der Waals surface area contributed by atoms with Crippen molar-refractivity contribution in [2.75, 3.05) is 47.6 Å². The number of sulfonamides is 1. The number of carbonyl (C=O) groups excluding carboxylic acids is 1. The van der Waals surface area contributed by atoms with Gasteiger partial charge in [-0.05, 0) is 91.1 Å². The van der Waals surface area contributed by atoms with Crippen LogP contribution < -0.4 is 18.9 Å². The third-order valence-corrected chi connectivity index (χ3v) is 9.45. The smallest absolute Gasteiger partial charge is 0.254 e. The van der Waals surface area contributed by atoms with Crippen LogP contribution in [-0.2, 0) is 16.4 Å². The van der Waals surface area contributed by atoms with E-state index in [9.17, 15) is 13.2 Å². The molecule has 1 fully saturated rings. The van der Waals surface area contributed by atoms with Gasteiger partial charge in [-0.2, -0.15) is 4.31 Å². The summed E-state index contributed by atoms with van der Waals surface area (Å²) in [6, 6.07) is 17.0. The van der Waals surface area contributed by atoms with Crippen molar-refractivity contribution in [3.05, 3.63) is 77.4 Å². The van der Waals surface area contributed by atoms with Crippen molar-refractivity contribution in [2.45, 2.75) is 30.2 Å². The van der Waals surface area contributed by atoms with Crippen LogP contribution in [0.5, 0.6) is 23.0 Å². The molecular formula is C30H34N2O7S. The fraction of sp³-hybridized carbons (Fsp3) is 0.367. The molecule has 40 heavy (non-hydrogen) atoms. The van der Waals surface area contributed by atoms with Crippen LogP contribution in [0.4, 0.5) is 0 Å². The number of ether oxygens (including phenoxy) is 4. The SMILES string of the molecule is COc1ccc(OC[C@@H]2c3cc(OC)c(OC)cc3CCN2C(=O)c2ccc(S(=O)(=O)N3CCCC3)cc2)cc1. The second-order valence-electron chi connectivity index (χ2n) is 9.79. The minimum atomic E-state index is -3.56. The molecule has 10 heteroatoms. The first-order valence-corrected chi connectivity index (χ1v) is 14.7. The molecule has 2 aliphatic heterocycles. The van der Waals surface area contributed by atoms with Crippen molar-refractivity contribution in [2.24, 2.45) is 0 Å². The average Bonchev–Trinajstić information content (AvgIpc) is 3.55. The standard InChI is InChI=1S/C30H34N2O7S/c1-36-23-8-10-24(11-9-23)39-20-27-26-19-29(38-3)28(37-2)18-22(26)14-17-32(27)30(33)21-6-12-25(13-7-21)40(34,35)31-15-4-5-16-31/h6-13,18-19,27H,4-5,14-17,20H2,1-3H3/t27-/m1/s1. The van der Waals surface area contributed by atoms with Gasteiger partial charge in [0.2, 0.25) is 10.0 Å². The van der Waals surface area contributed by atoms with Crippen LogP contribution in [0.1, 0.15) is 40.4 Å². The normalized spacial score (nSPS) is 17.3. The van der Waals surface area contributed by atoms with Crippen molar-refractivity contribution in [3.8, 4) is 23.0 Å². The van der Waals surface area contributed by atoms with E-state index >= 15 is 0 Å². The predicted octanol–water partition coefficient (Wildman–Crippen LogP) is 4.32. The van der Waals surface area contributed by atoms with E-state index in [1.807, 2.05) is 36.4 Å². The molecule has 3 aromatic carbocycles. The topological polar surface area (TPSA) is 94.6 Å². The molecule has 5 rings (SSSR count). The fourth-order valence-electron chi connectivity index (χ4n) is 5.31. The fourth-order valence-corrected chi connectivity index (χ4v) is 6.83. The monoisotopic (exact) mass is 566 g/mol. The molecule has 1 amide bonds. The third-order valence-electron chi connectivity index (χ3n) is 7.53. The summed E-state index contributed by atoms with van der Waals surface area (Å²) in [7, 11) is 1.22. The van der Waals surface area contributed by atoms with Gasteiger partial charge in [0.25, 0.3) is 5.91 Å². The first kappa shape index (κ1) is 27.8. The van der Waals surface area contributed by atoms with Crippen molar-refractivity contribution in [1.29, 1.82) is 0 Å². The maximum absolute atomic E-state index is 13.8. The van der Waals surface area contributed by atoms with E-state index in [1.165, 1.54) is 16.4 Å². The van der Waals surface area contributed by atoms with Crippen LogP contribution in [-0.4, -0.2) is 71.1 Å². The molecule has 0 aliphatic carbocycles. The summed E-state index contributed by atoms with van der Waals surface area (Å²) >= 11 is 0. The Morgan fingerprint density at radius 3 is 2.08 bits per heavy atom. The summed E-state index contributed by atoms with van der Waals surface area (Å²) in [4.78, 5) is 15.8. The summed E-state index contributed by atoms with van der Waals surface area (Å²) < 4.78 is 49.9. The number of fused-ring (bicyclic) bond motifs is 1. The lowest BCUT2D eigenvalue weighted by molar-refractivity contribution is 0.0589. The molecule has 0 aromatic heterocycles. The number of hydrogen-bond acceptors (Lipinski definition) is 7. The zero-order valence-corrected chi connectivity index (χ0v) is 23.8. The van der Waals surface area contributed by atoms with Gasteiger partial charge < -0.3 is 23.8 Å². The van der Waals surface area contributed by atoms with Gasteiger partial charge in [-0.25, -0.2) is 8.42 Å². The minimum absolute atomic E-state index is 0.200. The number of amides is 1. The number of hydrogen-bond donors (Lipinski definition) is 0. The Hall–Kier alpha value is -3.76. The lowest BCUT2D eigenvalue weighted by atomic mass is 9.91. The van der Waals surface area contributed by atoms with Crippen LogP contribution in [0.2, 0.25) is 0 Å². The van der Waals surface area contributed by atoms with Crippen molar-refractivity contribution < 1.29 is 32.2 Å². The molecule has 1 saturated heterocycles. The Labute approximate surface area is 235 Å². The second kappa shape index (κ2) is 11.8. The Balaban J connectivity index is 1.44. The Morgan fingerprint density at radius 2 is 1.45 bits per heavy atom. The summed E-state index contributed by atoms with van der Waals surface area (Å²) in [5.41, 5.74) is 2.38. The van der Waals surface area contributed by atoms with Gasteiger partial charge in [-0.15, -0.1) is 0 Å². The lowest BCUT2D eigenvalue weighted by Crippen LogP contribution is -2.42. The zero-order valence-electron chi connectivity index (χ0n) is 23.0. The predicted molar refractivity (Wildman–Crippen MR) is 150 cm³/mol.